The molecule has 2 nitrogen and oxygen atoms in total. The lowest BCUT2D eigenvalue weighted by molar-refractivity contribution is 0.574. The lowest BCUT2D eigenvalue weighted by Crippen LogP contribution is -2.25. The van der Waals surface area contributed by atoms with Crippen molar-refractivity contribution in [3.8, 4) is 0 Å². The number of rotatable bonds is 5. The summed E-state index contributed by atoms with van der Waals surface area (Å²) in [5.74, 6) is 0. The molecule has 4 heteroatoms. The van der Waals surface area contributed by atoms with Crippen molar-refractivity contribution in [2.24, 2.45) is 0 Å². The molecular weight excluding hydrogens is 228 g/mol. The van der Waals surface area contributed by atoms with Crippen LogP contribution in [-0.2, 0) is 0 Å². The summed E-state index contributed by atoms with van der Waals surface area (Å²) < 4.78 is 0. The normalized spacial score (nSPS) is 14.9. The third-order valence-electron chi connectivity index (χ3n) is 2.37. The molecule has 15 heavy (non-hydrogen) atoms. The monoisotopic (exact) mass is 244 g/mol. The molecule has 0 aliphatic carbocycles. The van der Waals surface area contributed by atoms with Crippen molar-refractivity contribution in [3.05, 3.63) is 29.0 Å². The van der Waals surface area contributed by atoms with E-state index in [1.54, 1.807) is 6.20 Å². The molecule has 0 fully saturated rings. The van der Waals surface area contributed by atoms with E-state index in [0.29, 0.717) is 10.4 Å². The van der Waals surface area contributed by atoms with Crippen molar-refractivity contribution in [1.29, 1.82) is 0 Å². The molecule has 0 saturated carbocycles. The molecule has 0 aromatic carbocycles. The Kier molecular flexibility index (Phi) is 5.43. The highest BCUT2D eigenvalue weighted by Crippen LogP contribution is 2.20. The minimum absolute atomic E-state index is 0.251. The summed E-state index contributed by atoms with van der Waals surface area (Å²) >= 11 is 7.87. The zero-order valence-corrected chi connectivity index (χ0v) is 10.9. The van der Waals surface area contributed by atoms with Crippen molar-refractivity contribution in [3.63, 3.8) is 0 Å². The van der Waals surface area contributed by atoms with Crippen LogP contribution in [0, 0.1) is 0 Å². The Morgan fingerprint density at radius 1 is 1.53 bits per heavy atom. The van der Waals surface area contributed by atoms with E-state index in [1.807, 2.05) is 23.9 Å². The first-order chi connectivity index (χ1) is 7.15. The summed E-state index contributed by atoms with van der Waals surface area (Å²) in [4.78, 5) is 4.07. The lowest BCUT2D eigenvalue weighted by Gasteiger charge is -2.17. The third kappa shape index (κ3) is 4.01. The standard InChI is InChI=1S/C11H17ClN2S/c1-8(15-3)7-14-9(2)10-5-4-6-13-11(10)12/h4-6,8-9,14H,7H2,1-3H3. The van der Waals surface area contributed by atoms with Crippen LogP contribution in [0.25, 0.3) is 0 Å². The van der Waals surface area contributed by atoms with Crippen LogP contribution < -0.4 is 5.32 Å². The molecule has 0 bridgehead atoms. The van der Waals surface area contributed by atoms with Gasteiger partial charge in [0.15, 0.2) is 0 Å². The van der Waals surface area contributed by atoms with Gasteiger partial charge < -0.3 is 5.32 Å². The molecule has 1 aromatic heterocycles. The highest BCUT2D eigenvalue weighted by Gasteiger charge is 2.10. The van der Waals surface area contributed by atoms with Crippen molar-refractivity contribution >= 4 is 23.4 Å². The fourth-order valence-corrected chi connectivity index (χ4v) is 1.80. The number of hydrogen-bond acceptors (Lipinski definition) is 3. The molecule has 0 amide bonds. The predicted octanol–water partition coefficient (Wildman–Crippen LogP) is 3.14. The van der Waals surface area contributed by atoms with E-state index in [0.717, 1.165) is 12.1 Å². The molecule has 2 unspecified atom stereocenters. The molecule has 1 heterocycles. The Hall–Kier alpha value is -0.250. The molecule has 0 radical (unpaired) electrons. The van der Waals surface area contributed by atoms with Crippen molar-refractivity contribution < 1.29 is 0 Å². The molecule has 2 atom stereocenters. The summed E-state index contributed by atoms with van der Waals surface area (Å²) in [6, 6.07) is 4.18. The highest BCUT2D eigenvalue weighted by molar-refractivity contribution is 7.99. The maximum atomic E-state index is 6.01. The molecule has 0 spiro atoms. The van der Waals surface area contributed by atoms with Crippen LogP contribution in [0.5, 0.6) is 0 Å². The van der Waals surface area contributed by atoms with Gasteiger partial charge in [0.2, 0.25) is 0 Å². The first-order valence-corrected chi connectivity index (χ1v) is 6.68. The van der Waals surface area contributed by atoms with Crippen molar-refractivity contribution in [1.82, 2.24) is 10.3 Å². The lowest BCUT2D eigenvalue weighted by atomic mass is 10.1. The number of aromatic nitrogens is 1. The van der Waals surface area contributed by atoms with E-state index >= 15 is 0 Å². The summed E-state index contributed by atoms with van der Waals surface area (Å²) in [6.45, 7) is 5.29. The Bertz CT molecular complexity index is 306. The first kappa shape index (κ1) is 12.8. The van der Waals surface area contributed by atoms with Crippen LogP contribution in [-0.4, -0.2) is 23.0 Å². The maximum Gasteiger partial charge on any atom is 0.133 e. The van der Waals surface area contributed by atoms with Crippen molar-refractivity contribution in [2.45, 2.75) is 25.1 Å². The minimum Gasteiger partial charge on any atom is -0.309 e. The number of nitrogens with one attached hydrogen (secondary N) is 1. The van der Waals surface area contributed by atoms with Gasteiger partial charge in [0.1, 0.15) is 5.15 Å². The molecule has 0 aliphatic rings. The quantitative estimate of drug-likeness (QED) is 0.806. The Morgan fingerprint density at radius 3 is 2.87 bits per heavy atom. The van der Waals surface area contributed by atoms with E-state index < -0.39 is 0 Å². The van der Waals surface area contributed by atoms with Gasteiger partial charge in [0.25, 0.3) is 0 Å². The van der Waals surface area contributed by atoms with Gasteiger partial charge in [-0.1, -0.05) is 24.6 Å². The van der Waals surface area contributed by atoms with Gasteiger partial charge in [-0.25, -0.2) is 4.98 Å². The Labute approximate surface area is 101 Å². The van der Waals surface area contributed by atoms with E-state index in [4.69, 9.17) is 11.6 Å². The second-order valence-corrected chi connectivity index (χ2v) is 5.19. The highest BCUT2D eigenvalue weighted by atomic mass is 35.5. The van der Waals surface area contributed by atoms with E-state index in [-0.39, 0.29) is 6.04 Å². The van der Waals surface area contributed by atoms with Crippen LogP contribution in [0.15, 0.2) is 18.3 Å². The van der Waals surface area contributed by atoms with Gasteiger partial charge in [0.05, 0.1) is 0 Å². The SMILES string of the molecule is CSC(C)CNC(C)c1cccnc1Cl. The zero-order valence-electron chi connectivity index (χ0n) is 9.33. The molecule has 1 aromatic rings. The summed E-state index contributed by atoms with van der Waals surface area (Å²) in [5.41, 5.74) is 1.06. The second-order valence-electron chi connectivity index (χ2n) is 3.56. The summed E-state index contributed by atoms with van der Waals surface area (Å²) in [5, 5.41) is 4.65. The number of nitrogens with zero attached hydrogens (tertiary/aromatic N) is 1. The van der Waals surface area contributed by atoms with Crippen LogP contribution in [0.3, 0.4) is 0 Å². The fourth-order valence-electron chi connectivity index (χ4n) is 1.26. The average molecular weight is 245 g/mol. The van der Waals surface area contributed by atoms with Crippen LogP contribution in [0.2, 0.25) is 5.15 Å². The van der Waals surface area contributed by atoms with E-state index in [2.05, 4.69) is 30.4 Å². The molecule has 1 rings (SSSR count). The first-order valence-electron chi connectivity index (χ1n) is 5.01. The maximum absolute atomic E-state index is 6.01. The largest absolute Gasteiger partial charge is 0.309 e. The summed E-state index contributed by atoms with van der Waals surface area (Å²) in [7, 11) is 0. The number of hydrogen-bond donors (Lipinski definition) is 1. The minimum atomic E-state index is 0.251. The molecule has 84 valence electrons. The van der Waals surface area contributed by atoms with Gasteiger partial charge in [-0.3, -0.25) is 0 Å². The third-order valence-corrected chi connectivity index (χ3v) is 3.66. The van der Waals surface area contributed by atoms with E-state index in [1.165, 1.54) is 0 Å². The molecular formula is C11H17ClN2S. The smallest absolute Gasteiger partial charge is 0.133 e. The van der Waals surface area contributed by atoms with Gasteiger partial charge in [-0.15, -0.1) is 0 Å². The van der Waals surface area contributed by atoms with Crippen molar-refractivity contribution in [2.75, 3.05) is 12.8 Å². The Balaban J connectivity index is 2.54. The Morgan fingerprint density at radius 2 is 2.27 bits per heavy atom. The van der Waals surface area contributed by atoms with Gasteiger partial charge in [0, 0.05) is 29.6 Å². The number of pyridine rings is 1. The van der Waals surface area contributed by atoms with Gasteiger partial charge in [-0.05, 0) is 19.2 Å². The predicted molar refractivity (Wildman–Crippen MR) is 68.6 cm³/mol. The molecule has 0 aliphatic heterocycles. The fraction of sp³-hybridized carbons (Fsp3) is 0.545. The molecule has 1 N–H and O–H groups in total. The summed E-state index contributed by atoms with van der Waals surface area (Å²) in [6.07, 6.45) is 3.83. The van der Waals surface area contributed by atoms with Crippen LogP contribution in [0.4, 0.5) is 0 Å². The van der Waals surface area contributed by atoms with E-state index in [9.17, 15) is 0 Å². The van der Waals surface area contributed by atoms with Crippen LogP contribution in [0.1, 0.15) is 25.5 Å². The molecule has 0 saturated heterocycles. The second kappa shape index (κ2) is 6.36. The number of thioether (sulfide) groups is 1. The zero-order chi connectivity index (χ0) is 11.3. The topological polar surface area (TPSA) is 24.9 Å². The number of halogens is 1. The van der Waals surface area contributed by atoms with Crippen LogP contribution >= 0.6 is 23.4 Å². The van der Waals surface area contributed by atoms with Gasteiger partial charge >= 0.3 is 0 Å². The average Bonchev–Trinajstić information content (AvgIpc) is 2.26. The van der Waals surface area contributed by atoms with Gasteiger partial charge in [-0.2, -0.15) is 11.8 Å².